The van der Waals surface area contributed by atoms with Gasteiger partial charge in [-0.05, 0) is 56.8 Å². The molecular formula is C16H28N2OS. The van der Waals surface area contributed by atoms with Crippen LogP contribution in [-0.4, -0.2) is 25.5 Å². The van der Waals surface area contributed by atoms with Crippen molar-refractivity contribution in [1.29, 1.82) is 0 Å². The summed E-state index contributed by atoms with van der Waals surface area (Å²) in [6, 6.07) is 3.89. The van der Waals surface area contributed by atoms with E-state index in [-0.39, 0.29) is 5.91 Å². The Morgan fingerprint density at radius 3 is 2.45 bits per heavy atom. The summed E-state index contributed by atoms with van der Waals surface area (Å²) in [5, 5.41) is 6.35. The lowest BCUT2D eigenvalue weighted by Gasteiger charge is -2.22. The van der Waals surface area contributed by atoms with E-state index in [4.69, 9.17) is 0 Å². The Balaban J connectivity index is 0.000000444. The Kier molecular flexibility index (Phi) is 7.85. The van der Waals surface area contributed by atoms with Gasteiger partial charge in [-0.15, -0.1) is 11.3 Å². The van der Waals surface area contributed by atoms with Gasteiger partial charge in [0.2, 0.25) is 0 Å². The van der Waals surface area contributed by atoms with Crippen molar-refractivity contribution in [1.82, 2.24) is 10.6 Å². The first-order valence-electron chi connectivity index (χ1n) is 7.54. The summed E-state index contributed by atoms with van der Waals surface area (Å²) in [4.78, 5) is 13.8. The average Bonchev–Trinajstić information content (AvgIpc) is 2.83. The van der Waals surface area contributed by atoms with Gasteiger partial charge in [-0.3, -0.25) is 4.79 Å². The largest absolute Gasteiger partial charge is 0.351 e. The van der Waals surface area contributed by atoms with Gasteiger partial charge in [0.15, 0.2) is 0 Å². The number of carbonyl (C=O) groups excluding carboxylic acids is 1. The third-order valence-corrected chi connectivity index (χ3v) is 3.97. The third kappa shape index (κ3) is 7.06. The SMILES string of the molecule is CC(C)C.Cc1ccc(C(=O)NCC2CCNCC2)s1. The quantitative estimate of drug-likeness (QED) is 0.897. The minimum Gasteiger partial charge on any atom is -0.351 e. The highest BCUT2D eigenvalue weighted by atomic mass is 32.1. The molecule has 0 saturated carbocycles. The second-order valence-electron chi connectivity index (χ2n) is 6.05. The highest BCUT2D eigenvalue weighted by Gasteiger charge is 2.14. The molecular weight excluding hydrogens is 268 g/mol. The molecule has 0 spiro atoms. The fourth-order valence-corrected chi connectivity index (χ4v) is 2.75. The standard InChI is InChI=1S/C12H18N2OS.C4H10/c1-9-2-3-11(16-9)12(15)14-8-10-4-6-13-7-5-10;1-4(2)3/h2-3,10,13H,4-8H2,1H3,(H,14,15);4H,1-3H3. The van der Waals surface area contributed by atoms with E-state index in [1.165, 1.54) is 17.7 Å². The van der Waals surface area contributed by atoms with Gasteiger partial charge in [0.1, 0.15) is 0 Å². The summed E-state index contributed by atoms with van der Waals surface area (Å²) in [5.74, 6) is 1.56. The summed E-state index contributed by atoms with van der Waals surface area (Å²) in [6.45, 7) is 11.5. The normalized spacial score (nSPS) is 15.7. The predicted octanol–water partition coefficient (Wildman–Crippen LogP) is 3.45. The van der Waals surface area contributed by atoms with Crippen LogP contribution in [0, 0.1) is 18.8 Å². The first kappa shape index (κ1) is 17.2. The minimum atomic E-state index is 0.0802. The van der Waals surface area contributed by atoms with Gasteiger partial charge >= 0.3 is 0 Å². The predicted molar refractivity (Wildman–Crippen MR) is 87.5 cm³/mol. The van der Waals surface area contributed by atoms with E-state index in [9.17, 15) is 4.79 Å². The van der Waals surface area contributed by atoms with Crippen molar-refractivity contribution < 1.29 is 4.79 Å². The van der Waals surface area contributed by atoms with E-state index in [0.29, 0.717) is 5.92 Å². The van der Waals surface area contributed by atoms with Crippen molar-refractivity contribution in [2.45, 2.75) is 40.5 Å². The Bertz CT molecular complexity index is 392. The van der Waals surface area contributed by atoms with Crippen LogP contribution in [0.5, 0.6) is 0 Å². The van der Waals surface area contributed by atoms with E-state index in [1.807, 2.05) is 19.1 Å². The third-order valence-electron chi connectivity index (χ3n) is 2.97. The molecule has 0 bridgehead atoms. The number of hydrogen-bond donors (Lipinski definition) is 2. The summed E-state index contributed by atoms with van der Waals surface area (Å²) >= 11 is 1.56. The van der Waals surface area contributed by atoms with Crippen molar-refractivity contribution in [3.8, 4) is 0 Å². The summed E-state index contributed by atoms with van der Waals surface area (Å²) in [7, 11) is 0. The zero-order valence-electron chi connectivity index (χ0n) is 13.2. The van der Waals surface area contributed by atoms with Crippen LogP contribution in [0.15, 0.2) is 12.1 Å². The zero-order chi connectivity index (χ0) is 15.0. The van der Waals surface area contributed by atoms with Gasteiger partial charge in [0, 0.05) is 11.4 Å². The molecule has 0 atom stereocenters. The molecule has 2 rings (SSSR count). The maximum atomic E-state index is 11.8. The van der Waals surface area contributed by atoms with Gasteiger partial charge in [0.05, 0.1) is 4.88 Å². The second kappa shape index (κ2) is 9.14. The number of thiophene rings is 1. The lowest BCUT2D eigenvalue weighted by Crippen LogP contribution is -2.35. The van der Waals surface area contributed by atoms with E-state index in [0.717, 1.165) is 30.4 Å². The van der Waals surface area contributed by atoms with Crippen LogP contribution in [0.1, 0.15) is 48.2 Å². The van der Waals surface area contributed by atoms with Gasteiger partial charge in [0.25, 0.3) is 5.91 Å². The van der Waals surface area contributed by atoms with Crippen molar-refractivity contribution >= 4 is 17.2 Å². The lowest BCUT2D eigenvalue weighted by molar-refractivity contribution is 0.0948. The molecule has 1 aliphatic heterocycles. The smallest absolute Gasteiger partial charge is 0.261 e. The number of aryl methyl sites for hydroxylation is 1. The maximum absolute atomic E-state index is 11.8. The lowest BCUT2D eigenvalue weighted by atomic mass is 9.98. The molecule has 0 aliphatic carbocycles. The van der Waals surface area contributed by atoms with Crippen molar-refractivity contribution in [2.75, 3.05) is 19.6 Å². The summed E-state index contributed by atoms with van der Waals surface area (Å²) in [5.41, 5.74) is 0. The number of carbonyl (C=O) groups is 1. The van der Waals surface area contributed by atoms with Crippen molar-refractivity contribution in [3.63, 3.8) is 0 Å². The van der Waals surface area contributed by atoms with E-state index in [2.05, 4.69) is 31.4 Å². The molecule has 1 aromatic rings. The molecule has 4 heteroatoms. The topological polar surface area (TPSA) is 41.1 Å². The van der Waals surface area contributed by atoms with Gasteiger partial charge in [-0.25, -0.2) is 0 Å². The highest BCUT2D eigenvalue weighted by Crippen LogP contribution is 2.15. The monoisotopic (exact) mass is 296 g/mol. The van der Waals surface area contributed by atoms with Crippen LogP contribution in [0.3, 0.4) is 0 Å². The first-order valence-corrected chi connectivity index (χ1v) is 8.36. The Morgan fingerprint density at radius 1 is 1.35 bits per heavy atom. The Hall–Kier alpha value is -0.870. The fraction of sp³-hybridized carbons (Fsp3) is 0.688. The number of amides is 1. The molecule has 3 nitrogen and oxygen atoms in total. The van der Waals surface area contributed by atoms with Crippen LogP contribution in [0.4, 0.5) is 0 Å². The maximum Gasteiger partial charge on any atom is 0.261 e. The average molecular weight is 296 g/mol. The molecule has 20 heavy (non-hydrogen) atoms. The Labute approximate surface area is 127 Å². The van der Waals surface area contributed by atoms with Crippen LogP contribution >= 0.6 is 11.3 Å². The molecule has 114 valence electrons. The van der Waals surface area contributed by atoms with Crippen LogP contribution in [-0.2, 0) is 0 Å². The molecule has 1 fully saturated rings. The molecule has 1 aromatic heterocycles. The van der Waals surface area contributed by atoms with Crippen molar-refractivity contribution in [3.05, 3.63) is 21.9 Å². The molecule has 0 aromatic carbocycles. The van der Waals surface area contributed by atoms with Gasteiger partial charge in [-0.2, -0.15) is 0 Å². The molecule has 1 amide bonds. The molecule has 2 heterocycles. The van der Waals surface area contributed by atoms with Crippen LogP contribution in [0.25, 0.3) is 0 Å². The van der Waals surface area contributed by atoms with E-state index >= 15 is 0 Å². The number of hydrogen-bond acceptors (Lipinski definition) is 3. The number of piperidine rings is 1. The molecule has 0 radical (unpaired) electrons. The highest BCUT2D eigenvalue weighted by molar-refractivity contribution is 7.13. The van der Waals surface area contributed by atoms with Crippen molar-refractivity contribution in [2.24, 2.45) is 11.8 Å². The number of nitrogens with one attached hydrogen (secondary N) is 2. The second-order valence-corrected chi connectivity index (χ2v) is 7.33. The molecule has 1 saturated heterocycles. The van der Waals surface area contributed by atoms with E-state index < -0.39 is 0 Å². The number of rotatable bonds is 3. The first-order chi connectivity index (χ1) is 9.49. The Morgan fingerprint density at radius 2 is 1.95 bits per heavy atom. The summed E-state index contributed by atoms with van der Waals surface area (Å²) < 4.78 is 0. The molecule has 0 unspecified atom stereocenters. The van der Waals surface area contributed by atoms with Crippen LogP contribution in [0.2, 0.25) is 0 Å². The molecule has 1 aliphatic rings. The zero-order valence-corrected chi connectivity index (χ0v) is 14.0. The molecule has 2 N–H and O–H groups in total. The van der Waals surface area contributed by atoms with E-state index in [1.54, 1.807) is 11.3 Å². The minimum absolute atomic E-state index is 0.0802. The van der Waals surface area contributed by atoms with Crippen LogP contribution < -0.4 is 10.6 Å². The van der Waals surface area contributed by atoms with Gasteiger partial charge < -0.3 is 10.6 Å². The fourth-order valence-electron chi connectivity index (χ4n) is 1.97. The summed E-state index contributed by atoms with van der Waals surface area (Å²) in [6.07, 6.45) is 2.34. The van der Waals surface area contributed by atoms with Gasteiger partial charge in [-0.1, -0.05) is 20.8 Å².